The van der Waals surface area contributed by atoms with Gasteiger partial charge in [0, 0.05) is 25.5 Å². The van der Waals surface area contributed by atoms with E-state index in [4.69, 9.17) is 5.73 Å². The van der Waals surface area contributed by atoms with E-state index in [9.17, 15) is 10.1 Å². The highest BCUT2D eigenvalue weighted by atomic mass is 32.1. The van der Waals surface area contributed by atoms with Crippen LogP contribution in [0.2, 0.25) is 0 Å². The lowest BCUT2D eigenvalue weighted by atomic mass is 10.2. The van der Waals surface area contributed by atoms with Gasteiger partial charge in [-0.15, -0.1) is 11.3 Å². The summed E-state index contributed by atoms with van der Waals surface area (Å²) in [6.07, 6.45) is 3.40. The van der Waals surface area contributed by atoms with E-state index in [1.165, 1.54) is 11.3 Å². The Hall–Kier alpha value is -2.59. The molecule has 0 bridgehead atoms. The zero-order chi connectivity index (χ0) is 15.2. The standard InChI is InChI=1S/C14H15N5OS/c1-2-18-13(20)12-11(16)10(7-15)14(21-12)19-8-9-3-5-17-6-4-9/h3-6,19H,2,8,16H2,1H3,(H,18,20). The van der Waals surface area contributed by atoms with Gasteiger partial charge in [-0.1, -0.05) is 0 Å². The molecule has 0 saturated carbocycles. The van der Waals surface area contributed by atoms with E-state index in [1.807, 2.05) is 25.1 Å². The Bertz CT molecular complexity index is 675. The Kier molecular flexibility index (Phi) is 4.74. The van der Waals surface area contributed by atoms with E-state index in [2.05, 4.69) is 15.6 Å². The summed E-state index contributed by atoms with van der Waals surface area (Å²) in [7, 11) is 0. The summed E-state index contributed by atoms with van der Waals surface area (Å²) >= 11 is 1.19. The molecule has 21 heavy (non-hydrogen) atoms. The third-order valence-electron chi connectivity index (χ3n) is 2.80. The number of aromatic nitrogens is 1. The van der Waals surface area contributed by atoms with Crippen molar-refractivity contribution < 1.29 is 4.79 Å². The molecule has 0 aliphatic carbocycles. The van der Waals surface area contributed by atoms with Crippen molar-refractivity contribution in [3.63, 3.8) is 0 Å². The Labute approximate surface area is 126 Å². The van der Waals surface area contributed by atoms with Gasteiger partial charge in [0.15, 0.2) is 0 Å². The van der Waals surface area contributed by atoms with Crippen molar-refractivity contribution in [2.75, 3.05) is 17.6 Å². The Balaban J connectivity index is 2.21. The van der Waals surface area contributed by atoms with Gasteiger partial charge in [-0.25, -0.2) is 0 Å². The predicted octanol–water partition coefficient (Wildman–Crippen LogP) is 1.96. The molecule has 0 radical (unpaired) electrons. The van der Waals surface area contributed by atoms with Crippen LogP contribution in [0.15, 0.2) is 24.5 Å². The zero-order valence-electron chi connectivity index (χ0n) is 11.5. The number of hydrogen-bond donors (Lipinski definition) is 3. The number of anilines is 2. The van der Waals surface area contributed by atoms with Crippen LogP contribution in [-0.2, 0) is 6.54 Å². The highest BCUT2D eigenvalue weighted by molar-refractivity contribution is 7.18. The molecule has 4 N–H and O–H groups in total. The van der Waals surface area contributed by atoms with Crippen LogP contribution in [0.1, 0.15) is 27.7 Å². The molecule has 2 heterocycles. The van der Waals surface area contributed by atoms with Gasteiger partial charge in [-0.2, -0.15) is 5.26 Å². The molecular weight excluding hydrogens is 286 g/mol. The maximum absolute atomic E-state index is 11.9. The molecule has 7 heteroatoms. The minimum Gasteiger partial charge on any atom is -0.396 e. The second-order valence-corrected chi connectivity index (χ2v) is 5.25. The monoisotopic (exact) mass is 301 g/mol. The lowest BCUT2D eigenvalue weighted by Gasteiger charge is -2.03. The number of rotatable bonds is 5. The molecule has 0 aliphatic rings. The third-order valence-corrected chi connectivity index (χ3v) is 3.96. The molecular formula is C14H15N5OS. The van der Waals surface area contributed by atoms with Crippen LogP contribution < -0.4 is 16.4 Å². The van der Waals surface area contributed by atoms with E-state index in [-0.39, 0.29) is 11.6 Å². The zero-order valence-corrected chi connectivity index (χ0v) is 12.3. The molecule has 0 fully saturated rings. The predicted molar refractivity (Wildman–Crippen MR) is 83.0 cm³/mol. The summed E-state index contributed by atoms with van der Waals surface area (Å²) < 4.78 is 0. The van der Waals surface area contributed by atoms with Crippen molar-refractivity contribution in [3.05, 3.63) is 40.5 Å². The molecule has 0 aromatic carbocycles. The molecule has 2 rings (SSSR count). The fourth-order valence-corrected chi connectivity index (χ4v) is 2.75. The first-order chi connectivity index (χ1) is 10.2. The largest absolute Gasteiger partial charge is 0.396 e. The molecule has 1 amide bonds. The van der Waals surface area contributed by atoms with Gasteiger partial charge in [0.05, 0.1) is 5.69 Å². The van der Waals surface area contributed by atoms with Gasteiger partial charge in [0.2, 0.25) is 0 Å². The Morgan fingerprint density at radius 3 is 2.81 bits per heavy atom. The van der Waals surface area contributed by atoms with E-state index < -0.39 is 0 Å². The summed E-state index contributed by atoms with van der Waals surface area (Å²) in [4.78, 5) is 16.2. The smallest absolute Gasteiger partial charge is 0.263 e. The molecule has 2 aromatic heterocycles. The number of pyridine rings is 1. The fourth-order valence-electron chi connectivity index (χ4n) is 1.77. The average Bonchev–Trinajstić information content (AvgIpc) is 2.82. The number of nitrogens with two attached hydrogens (primary N) is 1. The molecule has 0 aliphatic heterocycles. The lowest BCUT2D eigenvalue weighted by Crippen LogP contribution is -2.22. The highest BCUT2D eigenvalue weighted by Gasteiger charge is 2.20. The van der Waals surface area contributed by atoms with Crippen molar-refractivity contribution in [2.24, 2.45) is 0 Å². The van der Waals surface area contributed by atoms with E-state index >= 15 is 0 Å². The van der Waals surface area contributed by atoms with E-state index in [0.29, 0.717) is 28.5 Å². The molecule has 108 valence electrons. The van der Waals surface area contributed by atoms with Crippen LogP contribution in [0.25, 0.3) is 0 Å². The first-order valence-corrected chi connectivity index (χ1v) is 7.22. The maximum atomic E-state index is 11.9. The molecule has 6 nitrogen and oxygen atoms in total. The van der Waals surface area contributed by atoms with Gasteiger partial charge < -0.3 is 16.4 Å². The number of carbonyl (C=O) groups is 1. The quantitative estimate of drug-likeness (QED) is 0.783. The number of nitrogen functional groups attached to an aromatic ring is 1. The summed E-state index contributed by atoms with van der Waals surface area (Å²) in [5, 5.41) is 15.7. The fraction of sp³-hybridized carbons (Fsp3) is 0.214. The minimum atomic E-state index is -0.256. The summed E-state index contributed by atoms with van der Waals surface area (Å²) in [6, 6.07) is 5.80. The van der Waals surface area contributed by atoms with Crippen molar-refractivity contribution in [1.29, 1.82) is 5.26 Å². The first kappa shape index (κ1) is 14.8. The first-order valence-electron chi connectivity index (χ1n) is 6.40. The van der Waals surface area contributed by atoms with Crippen LogP contribution in [0, 0.1) is 11.3 Å². The SMILES string of the molecule is CCNC(=O)c1sc(NCc2ccncc2)c(C#N)c1N. The van der Waals surface area contributed by atoms with Gasteiger partial charge in [0.25, 0.3) is 5.91 Å². The van der Waals surface area contributed by atoms with E-state index in [0.717, 1.165) is 5.56 Å². The highest BCUT2D eigenvalue weighted by Crippen LogP contribution is 2.35. The van der Waals surface area contributed by atoms with Crippen LogP contribution in [0.5, 0.6) is 0 Å². The molecule has 0 saturated heterocycles. The van der Waals surface area contributed by atoms with Crippen LogP contribution >= 0.6 is 11.3 Å². The van der Waals surface area contributed by atoms with Crippen LogP contribution in [0.4, 0.5) is 10.7 Å². The molecule has 0 unspecified atom stereocenters. The number of amides is 1. The number of nitriles is 1. The van der Waals surface area contributed by atoms with Crippen molar-refractivity contribution in [2.45, 2.75) is 13.5 Å². The number of nitrogens with one attached hydrogen (secondary N) is 2. The van der Waals surface area contributed by atoms with Gasteiger partial charge in [-0.05, 0) is 24.6 Å². The lowest BCUT2D eigenvalue weighted by molar-refractivity contribution is 0.0960. The van der Waals surface area contributed by atoms with Gasteiger partial charge in [-0.3, -0.25) is 9.78 Å². The number of carbonyl (C=O) groups excluding carboxylic acids is 1. The molecule has 0 atom stereocenters. The van der Waals surface area contributed by atoms with Gasteiger partial charge in [0.1, 0.15) is 21.5 Å². The Morgan fingerprint density at radius 1 is 1.48 bits per heavy atom. The number of hydrogen-bond acceptors (Lipinski definition) is 6. The summed E-state index contributed by atoms with van der Waals surface area (Å²) in [5.41, 5.74) is 7.46. The topological polar surface area (TPSA) is 104 Å². The normalized spacial score (nSPS) is 9.90. The number of nitrogens with zero attached hydrogens (tertiary/aromatic N) is 2. The van der Waals surface area contributed by atoms with Gasteiger partial charge >= 0.3 is 0 Å². The van der Waals surface area contributed by atoms with Crippen LogP contribution in [-0.4, -0.2) is 17.4 Å². The minimum absolute atomic E-state index is 0.227. The second-order valence-electron chi connectivity index (χ2n) is 4.23. The average molecular weight is 301 g/mol. The molecule has 2 aromatic rings. The van der Waals surface area contributed by atoms with E-state index in [1.54, 1.807) is 12.4 Å². The van der Waals surface area contributed by atoms with Crippen molar-refractivity contribution >= 4 is 27.9 Å². The van der Waals surface area contributed by atoms with Crippen molar-refractivity contribution in [3.8, 4) is 6.07 Å². The summed E-state index contributed by atoms with van der Waals surface area (Å²) in [5.74, 6) is -0.256. The molecule has 0 spiro atoms. The summed E-state index contributed by atoms with van der Waals surface area (Å²) in [6.45, 7) is 2.87. The Morgan fingerprint density at radius 2 is 2.19 bits per heavy atom. The maximum Gasteiger partial charge on any atom is 0.263 e. The third kappa shape index (κ3) is 3.30. The van der Waals surface area contributed by atoms with Crippen LogP contribution in [0.3, 0.4) is 0 Å². The second kappa shape index (κ2) is 6.72. The number of thiophene rings is 1. The van der Waals surface area contributed by atoms with Crippen molar-refractivity contribution in [1.82, 2.24) is 10.3 Å².